The molecule has 3 aromatic rings. The monoisotopic (exact) mass is 544 g/mol. The molecule has 0 amide bonds. The fraction of sp³-hybridized carbons (Fsp3) is 0.238. The van der Waals surface area contributed by atoms with E-state index in [1.54, 1.807) is 18.3 Å². The number of aromatic nitrogens is 3. The van der Waals surface area contributed by atoms with Crippen LogP contribution in [-0.4, -0.2) is 39.2 Å². The fourth-order valence-electron chi connectivity index (χ4n) is 3.25. The van der Waals surface area contributed by atoms with Gasteiger partial charge < -0.3 is 10.2 Å². The van der Waals surface area contributed by atoms with Gasteiger partial charge in [0.05, 0.1) is 11.1 Å². The zero-order valence-corrected chi connectivity index (χ0v) is 19.3. The molecule has 2 N–H and O–H groups in total. The van der Waals surface area contributed by atoms with Gasteiger partial charge in [-0.25, -0.2) is 5.43 Å². The Hall–Kier alpha value is -3.35. The predicted octanol–water partition coefficient (Wildman–Crippen LogP) is 4.56. The highest BCUT2D eigenvalue weighted by atomic mass is 127. The minimum absolute atomic E-state index is 0.0208. The van der Waals surface area contributed by atoms with Crippen molar-refractivity contribution >= 4 is 58.0 Å². The van der Waals surface area contributed by atoms with Gasteiger partial charge in [-0.15, -0.1) is 0 Å². The minimum atomic E-state index is -0.436. The lowest BCUT2D eigenvalue weighted by Crippen LogP contribution is -2.31. The highest BCUT2D eigenvalue weighted by molar-refractivity contribution is 14.1. The number of benzene rings is 2. The van der Waals surface area contributed by atoms with Crippen LogP contribution in [0.2, 0.25) is 0 Å². The maximum atomic E-state index is 10.9. The van der Waals surface area contributed by atoms with Crippen molar-refractivity contribution in [2.75, 3.05) is 28.7 Å². The Kier molecular flexibility index (Phi) is 7.04. The molecule has 1 saturated heterocycles. The fourth-order valence-corrected chi connectivity index (χ4v) is 3.82. The van der Waals surface area contributed by atoms with Gasteiger partial charge in [-0.3, -0.25) is 10.1 Å². The number of nitro groups is 1. The third-order valence-electron chi connectivity index (χ3n) is 4.82. The second-order valence-electron chi connectivity index (χ2n) is 7.18. The van der Waals surface area contributed by atoms with E-state index < -0.39 is 4.92 Å². The molecular formula is C21H21IN8O2. The van der Waals surface area contributed by atoms with Gasteiger partial charge in [-0.05, 0) is 71.7 Å². The lowest BCUT2D eigenvalue weighted by atomic mass is 10.1. The second kappa shape index (κ2) is 10.3. The second-order valence-corrected chi connectivity index (χ2v) is 8.43. The number of rotatable bonds is 7. The molecule has 2 aromatic carbocycles. The average molecular weight is 544 g/mol. The number of hydrogen-bond acceptors (Lipinski definition) is 9. The molecule has 1 aliphatic rings. The first-order valence-electron chi connectivity index (χ1n) is 10.1. The van der Waals surface area contributed by atoms with E-state index >= 15 is 0 Å². The Morgan fingerprint density at radius 3 is 2.50 bits per heavy atom. The van der Waals surface area contributed by atoms with Gasteiger partial charge >= 0.3 is 0 Å². The zero-order valence-electron chi connectivity index (χ0n) is 17.1. The van der Waals surface area contributed by atoms with Crippen molar-refractivity contribution in [3.8, 4) is 0 Å². The Morgan fingerprint density at radius 1 is 1.03 bits per heavy atom. The van der Waals surface area contributed by atoms with Crippen LogP contribution in [0.1, 0.15) is 24.8 Å². The van der Waals surface area contributed by atoms with Crippen molar-refractivity contribution in [3.05, 3.63) is 67.8 Å². The van der Waals surface area contributed by atoms with Crippen LogP contribution in [0.25, 0.3) is 0 Å². The molecule has 0 spiro atoms. The standard InChI is InChI=1S/C21H21IN8O2/c22-16-6-4-5-15(13-16)14-23-28-20-25-19(24-17-7-9-18(10-8-17)30(31)32)26-21(27-20)29-11-2-1-3-12-29/h4-10,13-14H,1-3,11-12H2,(H2,24,25,26,27,28)/b23-14+. The summed E-state index contributed by atoms with van der Waals surface area (Å²) in [5, 5.41) is 18.2. The van der Waals surface area contributed by atoms with E-state index in [4.69, 9.17) is 0 Å². The van der Waals surface area contributed by atoms with Crippen LogP contribution in [0.3, 0.4) is 0 Å². The van der Waals surface area contributed by atoms with Crippen molar-refractivity contribution < 1.29 is 4.92 Å². The van der Waals surface area contributed by atoms with E-state index in [9.17, 15) is 10.1 Å². The van der Waals surface area contributed by atoms with E-state index in [2.05, 4.69) is 58.3 Å². The molecule has 0 radical (unpaired) electrons. The number of nitro benzene ring substituents is 1. The summed E-state index contributed by atoms with van der Waals surface area (Å²) in [5.74, 6) is 1.21. The average Bonchev–Trinajstić information content (AvgIpc) is 2.80. The van der Waals surface area contributed by atoms with Crippen molar-refractivity contribution in [1.29, 1.82) is 0 Å². The summed E-state index contributed by atoms with van der Waals surface area (Å²) in [6, 6.07) is 14.0. The maximum Gasteiger partial charge on any atom is 0.269 e. The van der Waals surface area contributed by atoms with Gasteiger partial charge in [0.2, 0.25) is 17.8 Å². The van der Waals surface area contributed by atoms with Crippen LogP contribution >= 0.6 is 22.6 Å². The Balaban J connectivity index is 1.56. The molecule has 2 heterocycles. The summed E-state index contributed by atoms with van der Waals surface area (Å²) in [6.07, 6.45) is 5.07. The number of anilines is 4. The van der Waals surface area contributed by atoms with Crippen LogP contribution in [0.4, 0.5) is 29.2 Å². The first kappa shape index (κ1) is 21.9. The SMILES string of the molecule is O=[N+]([O-])c1ccc(Nc2nc(N/N=C/c3cccc(I)c3)nc(N3CCCCC3)n2)cc1. The van der Waals surface area contributed by atoms with E-state index in [1.165, 1.54) is 18.6 Å². The molecule has 11 heteroatoms. The largest absolute Gasteiger partial charge is 0.341 e. The van der Waals surface area contributed by atoms with Crippen LogP contribution in [0, 0.1) is 13.7 Å². The summed E-state index contributed by atoms with van der Waals surface area (Å²) in [7, 11) is 0. The molecule has 0 atom stereocenters. The Morgan fingerprint density at radius 2 is 1.78 bits per heavy atom. The molecule has 0 unspecified atom stereocenters. The van der Waals surface area contributed by atoms with Crippen LogP contribution < -0.4 is 15.6 Å². The quantitative estimate of drug-likeness (QED) is 0.192. The number of hydrogen-bond donors (Lipinski definition) is 2. The summed E-state index contributed by atoms with van der Waals surface area (Å²) >= 11 is 2.25. The molecule has 0 saturated carbocycles. The molecule has 0 bridgehead atoms. The summed E-state index contributed by atoms with van der Waals surface area (Å²) in [5.41, 5.74) is 4.51. The lowest BCUT2D eigenvalue weighted by Gasteiger charge is -2.26. The van der Waals surface area contributed by atoms with E-state index in [1.807, 2.05) is 24.3 Å². The molecule has 10 nitrogen and oxygen atoms in total. The van der Waals surface area contributed by atoms with Gasteiger partial charge in [0.1, 0.15) is 0 Å². The van der Waals surface area contributed by atoms with E-state index in [0.717, 1.165) is 35.1 Å². The van der Waals surface area contributed by atoms with Gasteiger partial charge in [0.15, 0.2) is 0 Å². The van der Waals surface area contributed by atoms with Crippen LogP contribution in [-0.2, 0) is 0 Å². The smallest absolute Gasteiger partial charge is 0.269 e. The van der Waals surface area contributed by atoms with E-state index in [0.29, 0.717) is 23.5 Å². The van der Waals surface area contributed by atoms with Crippen molar-refractivity contribution in [1.82, 2.24) is 15.0 Å². The van der Waals surface area contributed by atoms with Crippen molar-refractivity contribution in [2.24, 2.45) is 5.10 Å². The third kappa shape index (κ3) is 5.87. The lowest BCUT2D eigenvalue weighted by molar-refractivity contribution is -0.384. The number of nitrogens with zero attached hydrogens (tertiary/aromatic N) is 6. The molecule has 1 aromatic heterocycles. The van der Waals surface area contributed by atoms with Gasteiger partial charge in [-0.1, -0.05) is 12.1 Å². The van der Waals surface area contributed by atoms with Crippen LogP contribution in [0.5, 0.6) is 0 Å². The summed E-state index contributed by atoms with van der Waals surface area (Å²) in [6.45, 7) is 1.76. The molecule has 1 aliphatic heterocycles. The molecule has 0 aliphatic carbocycles. The molecule has 1 fully saturated rings. The van der Waals surface area contributed by atoms with Gasteiger partial charge in [0.25, 0.3) is 5.69 Å². The van der Waals surface area contributed by atoms with Gasteiger partial charge in [-0.2, -0.15) is 20.1 Å². The normalized spacial score (nSPS) is 13.8. The Bertz CT molecular complexity index is 1120. The highest BCUT2D eigenvalue weighted by Crippen LogP contribution is 2.22. The maximum absolute atomic E-state index is 10.9. The highest BCUT2D eigenvalue weighted by Gasteiger charge is 2.16. The number of piperidine rings is 1. The van der Waals surface area contributed by atoms with Crippen LogP contribution in [0.15, 0.2) is 53.6 Å². The molecular weight excluding hydrogens is 523 g/mol. The van der Waals surface area contributed by atoms with Crippen molar-refractivity contribution in [3.63, 3.8) is 0 Å². The minimum Gasteiger partial charge on any atom is -0.341 e. The first-order chi connectivity index (χ1) is 15.6. The number of non-ortho nitro benzene ring substituents is 1. The van der Waals surface area contributed by atoms with E-state index in [-0.39, 0.29) is 5.69 Å². The predicted molar refractivity (Wildman–Crippen MR) is 133 cm³/mol. The van der Waals surface area contributed by atoms with Crippen molar-refractivity contribution in [2.45, 2.75) is 19.3 Å². The zero-order chi connectivity index (χ0) is 22.3. The summed E-state index contributed by atoms with van der Waals surface area (Å²) < 4.78 is 1.12. The number of halogens is 1. The summed E-state index contributed by atoms with van der Waals surface area (Å²) in [4.78, 5) is 26.1. The number of nitrogens with one attached hydrogen (secondary N) is 2. The first-order valence-corrected chi connectivity index (χ1v) is 11.2. The molecule has 32 heavy (non-hydrogen) atoms. The topological polar surface area (TPSA) is 121 Å². The molecule has 164 valence electrons. The third-order valence-corrected chi connectivity index (χ3v) is 5.49. The van der Waals surface area contributed by atoms with Gasteiger partial charge in [0, 0.05) is 34.5 Å². The molecule has 4 rings (SSSR count). The number of hydrazone groups is 1. The Labute approximate surface area is 198 Å².